The van der Waals surface area contributed by atoms with Gasteiger partial charge in [-0.1, -0.05) is 46.2 Å². The van der Waals surface area contributed by atoms with E-state index in [1.165, 1.54) is 0 Å². The fourth-order valence-electron chi connectivity index (χ4n) is 8.60. The van der Waals surface area contributed by atoms with Crippen molar-refractivity contribution in [2.45, 2.75) is 84.1 Å². The summed E-state index contributed by atoms with van der Waals surface area (Å²) in [7, 11) is 0. The SMILES string of the molecule is CC1(C)CCCN(CCCCCN2CCCC(C)(C)C23C=Nc2c(ccc4ccncc24)O3)C12C=Nc1c(ccc3ccncc13)O2. The van der Waals surface area contributed by atoms with Gasteiger partial charge in [-0.05, 0) is 73.6 Å². The van der Waals surface area contributed by atoms with Crippen molar-refractivity contribution in [2.75, 3.05) is 26.2 Å². The summed E-state index contributed by atoms with van der Waals surface area (Å²) in [6, 6.07) is 12.5. The molecule has 47 heavy (non-hydrogen) atoms. The standard InChI is InChI=1S/C39H46N6O2/c1-36(2)16-8-22-44(38(36)26-42-34-30-24-40-18-14-28(30)10-12-32(34)46-38)20-6-5-7-21-45-23-9-17-37(3,4)39(45)27-43-35-31-25-41-19-15-29(31)11-13-33(35)47-39/h10-15,18-19,24-27H,5-9,16-17,20-23H2,1-4H3. The Morgan fingerprint density at radius 3 is 1.55 bits per heavy atom. The Morgan fingerprint density at radius 1 is 0.617 bits per heavy atom. The highest BCUT2D eigenvalue weighted by Gasteiger charge is 2.55. The summed E-state index contributed by atoms with van der Waals surface area (Å²) in [5.41, 5.74) is 0.515. The van der Waals surface area contributed by atoms with E-state index in [9.17, 15) is 0 Å². The van der Waals surface area contributed by atoms with Crippen molar-refractivity contribution >= 4 is 45.3 Å². The number of pyridine rings is 2. The molecule has 2 saturated heterocycles. The summed E-state index contributed by atoms with van der Waals surface area (Å²) in [4.78, 5) is 24.0. The van der Waals surface area contributed by atoms with Gasteiger partial charge in [0, 0.05) is 72.6 Å². The first-order chi connectivity index (χ1) is 22.7. The van der Waals surface area contributed by atoms with E-state index in [1.54, 1.807) is 0 Å². The average Bonchev–Trinajstić information content (AvgIpc) is 3.08. The number of aliphatic imine (C=N–C) groups is 2. The zero-order valence-electron chi connectivity index (χ0n) is 28.2. The lowest BCUT2D eigenvalue weighted by Gasteiger charge is -2.55. The van der Waals surface area contributed by atoms with E-state index in [0.29, 0.717) is 0 Å². The molecule has 8 heteroatoms. The van der Waals surface area contributed by atoms with Crippen LogP contribution in [-0.4, -0.2) is 69.8 Å². The Kier molecular flexibility index (Phi) is 7.37. The van der Waals surface area contributed by atoms with Gasteiger partial charge in [0.1, 0.15) is 22.9 Å². The predicted molar refractivity (Wildman–Crippen MR) is 190 cm³/mol. The zero-order chi connectivity index (χ0) is 32.3. The first kappa shape index (κ1) is 30.5. The van der Waals surface area contributed by atoms with Gasteiger partial charge in [-0.25, -0.2) is 0 Å². The number of nitrogens with zero attached hydrogens (tertiary/aromatic N) is 6. The van der Waals surface area contributed by atoms with Gasteiger partial charge >= 0.3 is 0 Å². The van der Waals surface area contributed by atoms with Crippen LogP contribution in [0.4, 0.5) is 11.4 Å². The number of rotatable bonds is 6. The van der Waals surface area contributed by atoms with Crippen LogP contribution in [0.1, 0.15) is 72.6 Å². The largest absolute Gasteiger partial charge is 0.464 e. The third kappa shape index (κ3) is 4.86. The highest BCUT2D eigenvalue weighted by molar-refractivity contribution is 5.99. The number of hydrogen-bond acceptors (Lipinski definition) is 8. The number of aromatic nitrogens is 2. The van der Waals surface area contributed by atoms with Gasteiger partial charge in [0.15, 0.2) is 0 Å². The molecule has 4 aliphatic heterocycles. The van der Waals surface area contributed by atoms with Crippen LogP contribution < -0.4 is 9.47 Å². The number of piperidine rings is 2. The van der Waals surface area contributed by atoms with E-state index >= 15 is 0 Å². The lowest BCUT2D eigenvalue weighted by Crippen LogP contribution is -2.67. The number of likely N-dealkylation sites (tertiary alicyclic amines) is 2. The van der Waals surface area contributed by atoms with E-state index in [4.69, 9.17) is 19.5 Å². The van der Waals surface area contributed by atoms with Gasteiger partial charge in [0.2, 0.25) is 11.4 Å². The number of unbranched alkanes of at least 4 members (excludes halogenated alkanes) is 2. The Bertz CT molecular complexity index is 1750. The minimum absolute atomic E-state index is 0.0720. The van der Waals surface area contributed by atoms with E-state index in [2.05, 4.69) is 84.2 Å². The van der Waals surface area contributed by atoms with Gasteiger partial charge in [-0.15, -0.1) is 0 Å². The van der Waals surface area contributed by atoms with Crippen LogP contribution in [0.5, 0.6) is 11.5 Å². The maximum Gasteiger partial charge on any atom is 0.204 e. The molecule has 244 valence electrons. The second-order valence-corrected chi connectivity index (χ2v) is 15.1. The van der Waals surface area contributed by atoms with Crippen molar-refractivity contribution in [3.63, 3.8) is 0 Å². The molecule has 0 radical (unpaired) electrons. The summed E-state index contributed by atoms with van der Waals surface area (Å²) in [5.74, 6) is 1.71. The molecule has 2 unspecified atom stereocenters. The Morgan fingerprint density at radius 2 is 1.09 bits per heavy atom. The van der Waals surface area contributed by atoms with E-state index in [0.717, 1.165) is 116 Å². The molecule has 2 aromatic carbocycles. The second-order valence-electron chi connectivity index (χ2n) is 15.1. The average molecular weight is 631 g/mol. The van der Waals surface area contributed by atoms with E-state index in [1.807, 2.05) is 36.9 Å². The van der Waals surface area contributed by atoms with Crippen molar-refractivity contribution in [2.24, 2.45) is 20.8 Å². The van der Waals surface area contributed by atoms with Crippen LogP contribution in [0.2, 0.25) is 0 Å². The van der Waals surface area contributed by atoms with Crippen molar-refractivity contribution < 1.29 is 9.47 Å². The molecule has 4 aliphatic rings. The van der Waals surface area contributed by atoms with E-state index < -0.39 is 11.4 Å². The maximum atomic E-state index is 7.01. The van der Waals surface area contributed by atoms with Crippen molar-refractivity contribution in [1.82, 2.24) is 19.8 Å². The fraction of sp³-hybridized carbons (Fsp3) is 0.487. The first-order valence-corrected chi connectivity index (χ1v) is 17.5. The van der Waals surface area contributed by atoms with Crippen molar-refractivity contribution in [1.29, 1.82) is 0 Å². The van der Waals surface area contributed by atoms with Crippen LogP contribution in [0.15, 0.2) is 71.2 Å². The number of hydrogen-bond donors (Lipinski definition) is 0. The molecule has 4 aromatic rings. The zero-order valence-corrected chi connectivity index (χ0v) is 28.2. The Hall–Kier alpha value is -3.88. The number of ether oxygens (including phenoxy) is 2. The molecule has 0 aliphatic carbocycles. The van der Waals surface area contributed by atoms with Gasteiger partial charge in [0.05, 0.1) is 12.4 Å². The molecule has 2 spiro atoms. The molecular formula is C39H46N6O2. The number of fused-ring (bicyclic) bond motifs is 6. The van der Waals surface area contributed by atoms with Crippen LogP contribution in [0, 0.1) is 10.8 Å². The summed E-state index contributed by atoms with van der Waals surface area (Å²) in [5, 5.41) is 4.34. The summed E-state index contributed by atoms with van der Waals surface area (Å²) >= 11 is 0. The molecule has 0 N–H and O–H groups in total. The number of benzene rings is 2. The summed E-state index contributed by atoms with van der Waals surface area (Å²) in [6.07, 6.45) is 19.5. The molecule has 8 rings (SSSR count). The van der Waals surface area contributed by atoms with Crippen LogP contribution in [0.25, 0.3) is 21.5 Å². The lowest BCUT2D eigenvalue weighted by atomic mass is 9.73. The van der Waals surface area contributed by atoms with E-state index in [-0.39, 0.29) is 10.8 Å². The molecule has 8 nitrogen and oxygen atoms in total. The second kappa shape index (κ2) is 11.4. The van der Waals surface area contributed by atoms with Crippen molar-refractivity contribution in [3.05, 3.63) is 61.2 Å². The van der Waals surface area contributed by atoms with Crippen molar-refractivity contribution in [3.8, 4) is 11.5 Å². The van der Waals surface area contributed by atoms with Gasteiger partial charge in [-0.2, -0.15) is 0 Å². The Labute approximate surface area is 277 Å². The highest BCUT2D eigenvalue weighted by Crippen LogP contribution is 2.51. The topological polar surface area (TPSA) is 75.4 Å². The minimum atomic E-state index is -0.561. The first-order valence-electron chi connectivity index (χ1n) is 17.5. The molecule has 2 aromatic heterocycles. The normalized spacial score (nSPS) is 26.3. The quantitative estimate of drug-likeness (QED) is 0.199. The summed E-state index contributed by atoms with van der Waals surface area (Å²) < 4.78 is 14.0. The Balaban J connectivity index is 0.962. The molecule has 0 amide bonds. The molecule has 0 saturated carbocycles. The molecule has 6 heterocycles. The van der Waals surface area contributed by atoms with Crippen LogP contribution >= 0.6 is 0 Å². The monoisotopic (exact) mass is 630 g/mol. The summed E-state index contributed by atoms with van der Waals surface area (Å²) in [6.45, 7) is 13.3. The van der Waals surface area contributed by atoms with Gasteiger partial charge in [0.25, 0.3) is 0 Å². The predicted octanol–water partition coefficient (Wildman–Crippen LogP) is 8.48. The smallest absolute Gasteiger partial charge is 0.204 e. The van der Waals surface area contributed by atoms with Crippen LogP contribution in [0.3, 0.4) is 0 Å². The van der Waals surface area contributed by atoms with Gasteiger partial charge < -0.3 is 9.47 Å². The molecular weight excluding hydrogens is 584 g/mol. The maximum absolute atomic E-state index is 7.01. The van der Waals surface area contributed by atoms with Crippen LogP contribution in [-0.2, 0) is 0 Å². The molecule has 2 fully saturated rings. The van der Waals surface area contributed by atoms with Gasteiger partial charge in [-0.3, -0.25) is 29.8 Å². The minimum Gasteiger partial charge on any atom is -0.464 e. The molecule has 2 atom stereocenters. The fourth-order valence-corrected chi connectivity index (χ4v) is 8.60. The third-order valence-electron chi connectivity index (χ3n) is 11.5. The third-order valence-corrected chi connectivity index (χ3v) is 11.5. The molecule has 0 bridgehead atoms. The lowest BCUT2D eigenvalue weighted by molar-refractivity contribution is -0.137. The highest BCUT2D eigenvalue weighted by atomic mass is 16.5.